The highest BCUT2D eigenvalue weighted by Gasteiger charge is 2.16. The van der Waals surface area contributed by atoms with E-state index in [2.05, 4.69) is 55.9 Å². The minimum absolute atomic E-state index is 0.578. The molecule has 0 aliphatic heterocycles. The fourth-order valence-corrected chi connectivity index (χ4v) is 2.52. The van der Waals surface area contributed by atoms with Crippen molar-refractivity contribution in [3.63, 3.8) is 0 Å². The van der Waals surface area contributed by atoms with E-state index in [-0.39, 0.29) is 0 Å². The molecule has 0 heterocycles. The number of rotatable bonds is 9. The summed E-state index contributed by atoms with van der Waals surface area (Å²) in [5, 5.41) is 0. The van der Waals surface area contributed by atoms with Crippen LogP contribution in [-0.4, -0.2) is 75.7 Å². The maximum absolute atomic E-state index is 5.95. The minimum atomic E-state index is 0.578. The van der Waals surface area contributed by atoms with Crippen LogP contribution >= 0.6 is 0 Å². The first-order valence-electron chi connectivity index (χ1n) is 8.14. The van der Waals surface area contributed by atoms with E-state index in [0.29, 0.717) is 6.04 Å². The molecule has 1 aliphatic rings. The molecule has 0 bridgehead atoms. The van der Waals surface area contributed by atoms with Crippen molar-refractivity contribution < 1.29 is 4.74 Å². The standard InChI is InChI=1S/C17H34N4O/c1-14(20(4)12-11-19(2)3)9-10-21(5)15-7-8-16(18)17(13-15)22-6/h13-14H,7-12,18H2,1-6H3. The SMILES string of the molecule is COC1=C(N)CCC(N(C)CCC(C)N(C)CCN(C)C)=C1. The summed E-state index contributed by atoms with van der Waals surface area (Å²) in [4.78, 5) is 6.99. The molecule has 5 heteroatoms. The average Bonchev–Trinajstić information content (AvgIpc) is 2.50. The molecule has 0 aromatic carbocycles. The number of allylic oxidation sites excluding steroid dienone is 3. The van der Waals surface area contributed by atoms with Crippen LogP contribution in [-0.2, 0) is 4.74 Å². The Morgan fingerprint density at radius 1 is 1.14 bits per heavy atom. The second kappa shape index (κ2) is 9.06. The van der Waals surface area contributed by atoms with E-state index in [0.717, 1.165) is 50.4 Å². The van der Waals surface area contributed by atoms with Gasteiger partial charge in [-0.3, -0.25) is 0 Å². The third kappa shape index (κ3) is 5.89. The summed E-state index contributed by atoms with van der Waals surface area (Å²) in [6.45, 7) is 5.56. The lowest BCUT2D eigenvalue weighted by Crippen LogP contribution is -2.37. The van der Waals surface area contributed by atoms with E-state index < -0.39 is 0 Å². The van der Waals surface area contributed by atoms with Gasteiger partial charge in [0.25, 0.3) is 0 Å². The minimum Gasteiger partial charge on any atom is -0.495 e. The molecular formula is C17H34N4O. The predicted molar refractivity (Wildman–Crippen MR) is 93.4 cm³/mol. The Labute approximate surface area is 136 Å². The number of methoxy groups -OCH3 is 1. The zero-order chi connectivity index (χ0) is 16.7. The third-order valence-corrected chi connectivity index (χ3v) is 4.51. The molecule has 5 nitrogen and oxygen atoms in total. The molecule has 2 N–H and O–H groups in total. The molecular weight excluding hydrogens is 276 g/mol. The normalized spacial score (nSPS) is 17.0. The van der Waals surface area contributed by atoms with Gasteiger partial charge in [0, 0.05) is 44.5 Å². The van der Waals surface area contributed by atoms with Gasteiger partial charge in [0.15, 0.2) is 0 Å². The molecule has 0 fully saturated rings. The van der Waals surface area contributed by atoms with Gasteiger partial charge in [0.2, 0.25) is 0 Å². The van der Waals surface area contributed by atoms with Crippen LogP contribution in [0.15, 0.2) is 23.2 Å². The Morgan fingerprint density at radius 2 is 1.82 bits per heavy atom. The van der Waals surface area contributed by atoms with Crippen molar-refractivity contribution in [1.82, 2.24) is 14.7 Å². The first-order valence-corrected chi connectivity index (χ1v) is 8.14. The van der Waals surface area contributed by atoms with Crippen LogP contribution in [0, 0.1) is 0 Å². The zero-order valence-electron chi connectivity index (χ0n) is 15.2. The van der Waals surface area contributed by atoms with Crippen molar-refractivity contribution in [2.24, 2.45) is 5.73 Å². The molecule has 1 rings (SSSR count). The topological polar surface area (TPSA) is 45.0 Å². The van der Waals surface area contributed by atoms with E-state index in [1.165, 1.54) is 5.70 Å². The van der Waals surface area contributed by atoms with Crippen LogP contribution in [0.2, 0.25) is 0 Å². The maximum Gasteiger partial charge on any atom is 0.139 e. The molecule has 1 unspecified atom stereocenters. The summed E-state index contributed by atoms with van der Waals surface area (Å²) < 4.78 is 5.34. The quantitative estimate of drug-likeness (QED) is 0.702. The highest BCUT2D eigenvalue weighted by atomic mass is 16.5. The molecule has 0 saturated carbocycles. The van der Waals surface area contributed by atoms with Crippen LogP contribution in [0.1, 0.15) is 26.2 Å². The Morgan fingerprint density at radius 3 is 2.41 bits per heavy atom. The summed E-state index contributed by atoms with van der Waals surface area (Å²) in [6, 6.07) is 0.578. The van der Waals surface area contributed by atoms with Gasteiger partial charge in [-0.1, -0.05) is 0 Å². The van der Waals surface area contributed by atoms with Crippen molar-refractivity contribution in [3.05, 3.63) is 23.2 Å². The molecule has 1 aliphatic carbocycles. The lowest BCUT2D eigenvalue weighted by molar-refractivity contribution is 0.207. The molecule has 1 atom stereocenters. The van der Waals surface area contributed by atoms with Gasteiger partial charge in [-0.15, -0.1) is 0 Å². The Balaban J connectivity index is 2.44. The summed E-state index contributed by atoms with van der Waals surface area (Å²) in [7, 11) is 10.3. The van der Waals surface area contributed by atoms with Crippen molar-refractivity contribution in [2.75, 3.05) is 54.9 Å². The molecule has 0 amide bonds. The Hall–Kier alpha value is -1.20. The van der Waals surface area contributed by atoms with E-state index in [1.54, 1.807) is 7.11 Å². The van der Waals surface area contributed by atoms with Crippen LogP contribution in [0.25, 0.3) is 0 Å². The van der Waals surface area contributed by atoms with Crippen molar-refractivity contribution in [1.29, 1.82) is 0 Å². The van der Waals surface area contributed by atoms with Crippen LogP contribution in [0.3, 0.4) is 0 Å². The summed E-state index contributed by atoms with van der Waals surface area (Å²) in [6.07, 6.45) is 5.12. The number of hydrogen-bond acceptors (Lipinski definition) is 5. The number of likely N-dealkylation sites (N-methyl/N-ethyl adjacent to an activating group) is 2. The molecule has 0 aromatic heterocycles. The molecule has 22 heavy (non-hydrogen) atoms. The number of nitrogens with zero attached hydrogens (tertiary/aromatic N) is 3. The lowest BCUT2D eigenvalue weighted by atomic mass is 10.1. The summed E-state index contributed by atoms with van der Waals surface area (Å²) in [5.41, 5.74) is 8.12. The first-order chi connectivity index (χ1) is 10.3. The van der Waals surface area contributed by atoms with Gasteiger partial charge in [0.05, 0.1) is 12.8 Å². The highest BCUT2D eigenvalue weighted by Crippen LogP contribution is 2.23. The number of ether oxygens (including phenoxy) is 1. The van der Waals surface area contributed by atoms with Crippen molar-refractivity contribution in [2.45, 2.75) is 32.2 Å². The maximum atomic E-state index is 5.95. The molecule has 0 spiro atoms. The summed E-state index contributed by atoms with van der Waals surface area (Å²) >= 11 is 0. The number of hydrogen-bond donors (Lipinski definition) is 1. The average molecular weight is 310 g/mol. The van der Waals surface area contributed by atoms with Crippen molar-refractivity contribution in [3.8, 4) is 0 Å². The van der Waals surface area contributed by atoms with Crippen LogP contribution in [0.5, 0.6) is 0 Å². The zero-order valence-corrected chi connectivity index (χ0v) is 15.2. The fourth-order valence-electron chi connectivity index (χ4n) is 2.52. The van der Waals surface area contributed by atoms with Gasteiger partial charge in [-0.05, 0) is 47.3 Å². The lowest BCUT2D eigenvalue weighted by Gasteiger charge is -2.30. The van der Waals surface area contributed by atoms with Crippen LogP contribution < -0.4 is 5.73 Å². The monoisotopic (exact) mass is 310 g/mol. The largest absolute Gasteiger partial charge is 0.495 e. The van der Waals surface area contributed by atoms with Crippen LogP contribution in [0.4, 0.5) is 0 Å². The number of nitrogens with two attached hydrogens (primary N) is 1. The smallest absolute Gasteiger partial charge is 0.139 e. The summed E-state index contributed by atoms with van der Waals surface area (Å²) in [5.74, 6) is 0.823. The second-order valence-electron chi connectivity index (χ2n) is 6.57. The molecule has 0 radical (unpaired) electrons. The van der Waals surface area contributed by atoms with E-state index >= 15 is 0 Å². The fraction of sp³-hybridized carbons (Fsp3) is 0.765. The predicted octanol–water partition coefficient (Wildman–Crippen LogP) is 1.68. The first kappa shape index (κ1) is 18.8. The van der Waals surface area contributed by atoms with E-state index in [1.807, 2.05) is 0 Å². The molecule has 128 valence electrons. The molecule has 0 aromatic rings. The van der Waals surface area contributed by atoms with Gasteiger partial charge >= 0.3 is 0 Å². The Kier molecular flexibility index (Phi) is 7.76. The van der Waals surface area contributed by atoms with Gasteiger partial charge < -0.3 is 25.2 Å². The van der Waals surface area contributed by atoms with Gasteiger partial charge in [0.1, 0.15) is 5.76 Å². The third-order valence-electron chi connectivity index (χ3n) is 4.51. The van der Waals surface area contributed by atoms with Gasteiger partial charge in [-0.25, -0.2) is 0 Å². The van der Waals surface area contributed by atoms with E-state index in [9.17, 15) is 0 Å². The van der Waals surface area contributed by atoms with Gasteiger partial charge in [-0.2, -0.15) is 0 Å². The Bertz CT molecular complexity index is 403. The highest BCUT2D eigenvalue weighted by molar-refractivity contribution is 5.27. The molecule has 0 saturated heterocycles. The second-order valence-corrected chi connectivity index (χ2v) is 6.57. The van der Waals surface area contributed by atoms with Crippen molar-refractivity contribution >= 4 is 0 Å². The van der Waals surface area contributed by atoms with E-state index in [4.69, 9.17) is 10.5 Å².